The summed E-state index contributed by atoms with van der Waals surface area (Å²) in [6, 6.07) is 11.9. The first kappa shape index (κ1) is 16.7. The molecule has 0 fully saturated rings. The highest BCUT2D eigenvalue weighted by Crippen LogP contribution is 2.25. The second-order valence-corrected chi connectivity index (χ2v) is 6.93. The molecule has 0 aliphatic rings. The maximum Gasteiger partial charge on any atom is 0.182 e. The first-order valence-electron chi connectivity index (χ1n) is 8.24. The lowest BCUT2D eigenvalue weighted by atomic mass is 10.2. The number of pyridine rings is 1. The highest BCUT2D eigenvalue weighted by molar-refractivity contribution is 9.10. The van der Waals surface area contributed by atoms with Crippen LogP contribution >= 0.6 is 15.9 Å². The number of halogens is 1. The number of rotatable bonds is 4. The highest BCUT2D eigenvalue weighted by Gasteiger charge is 2.15. The zero-order valence-electron chi connectivity index (χ0n) is 14.4. The average Bonchev–Trinajstić information content (AvgIpc) is 2.95. The van der Waals surface area contributed by atoms with Crippen LogP contribution in [0.5, 0.6) is 0 Å². The largest absolute Gasteiger partial charge is 0.364 e. The van der Waals surface area contributed by atoms with Crippen LogP contribution in [0.3, 0.4) is 0 Å². The third-order valence-corrected chi connectivity index (χ3v) is 4.64. The smallest absolute Gasteiger partial charge is 0.182 e. The highest BCUT2D eigenvalue weighted by atomic mass is 79.9. The SMILES string of the molecule is Cc1nc(C)n2nc(-c3ccc(Br)cc3)nc(NCc3cccnc3)c12. The molecule has 0 atom stereocenters. The van der Waals surface area contributed by atoms with Crippen LogP contribution in [0.25, 0.3) is 16.9 Å². The van der Waals surface area contributed by atoms with E-state index in [-0.39, 0.29) is 0 Å². The van der Waals surface area contributed by atoms with Crippen molar-refractivity contribution in [3.8, 4) is 11.4 Å². The van der Waals surface area contributed by atoms with Gasteiger partial charge in [-0.15, -0.1) is 5.10 Å². The van der Waals surface area contributed by atoms with Crippen LogP contribution in [0, 0.1) is 13.8 Å². The van der Waals surface area contributed by atoms with Crippen LogP contribution in [0.2, 0.25) is 0 Å². The van der Waals surface area contributed by atoms with Crippen LogP contribution in [-0.2, 0) is 6.54 Å². The van der Waals surface area contributed by atoms with E-state index in [4.69, 9.17) is 4.98 Å². The zero-order valence-corrected chi connectivity index (χ0v) is 16.0. The van der Waals surface area contributed by atoms with Gasteiger partial charge in [0.05, 0.1) is 5.69 Å². The van der Waals surface area contributed by atoms with Gasteiger partial charge in [0.2, 0.25) is 0 Å². The molecule has 0 aliphatic heterocycles. The van der Waals surface area contributed by atoms with E-state index in [9.17, 15) is 0 Å². The molecule has 0 bridgehead atoms. The Labute approximate surface area is 159 Å². The van der Waals surface area contributed by atoms with E-state index in [2.05, 4.69) is 36.3 Å². The van der Waals surface area contributed by atoms with E-state index < -0.39 is 0 Å². The predicted octanol–water partition coefficient (Wildman–Crippen LogP) is 4.18. The predicted molar refractivity (Wildman–Crippen MR) is 105 cm³/mol. The van der Waals surface area contributed by atoms with E-state index >= 15 is 0 Å². The van der Waals surface area contributed by atoms with Gasteiger partial charge in [0.15, 0.2) is 11.6 Å². The Balaban J connectivity index is 1.80. The third kappa shape index (κ3) is 3.17. The number of imidazole rings is 1. The summed E-state index contributed by atoms with van der Waals surface area (Å²) in [4.78, 5) is 13.5. The standard InChI is InChI=1S/C19H17BrN6/c1-12-17-19(22-11-14-4-3-9-21-10-14)24-18(25-26(17)13(2)23-12)15-5-7-16(20)8-6-15/h3-10H,11H2,1-2H3,(H,22,24,25). The molecule has 7 heteroatoms. The van der Waals surface area contributed by atoms with Gasteiger partial charge in [-0.3, -0.25) is 4.98 Å². The summed E-state index contributed by atoms with van der Waals surface area (Å²) >= 11 is 3.46. The fourth-order valence-corrected chi connectivity index (χ4v) is 3.13. The summed E-state index contributed by atoms with van der Waals surface area (Å²) < 4.78 is 2.87. The molecular formula is C19H17BrN6. The Kier molecular flexibility index (Phi) is 4.38. The molecule has 0 spiro atoms. The number of nitrogens with zero attached hydrogens (tertiary/aromatic N) is 5. The number of benzene rings is 1. The van der Waals surface area contributed by atoms with Gasteiger partial charge >= 0.3 is 0 Å². The van der Waals surface area contributed by atoms with Crippen molar-refractivity contribution in [2.45, 2.75) is 20.4 Å². The summed E-state index contributed by atoms with van der Waals surface area (Å²) in [6.45, 7) is 4.55. The molecule has 0 aliphatic carbocycles. The van der Waals surface area contributed by atoms with Gasteiger partial charge in [-0.05, 0) is 37.6 Å². The minimum Gasteiger partial charge on any atom is -0.364 e. The maximum atomic E-state index is 4.77. The first-order valence-corrected chi connectivity index (χ1v) is 9.04. The summed E-state index contributed by atoms with van der Waals surface area (Å²) in [6.07, 6.45) is 3.61. The summed E-state index contributed by atoms with van der Waals surface area (Å²) in [5.41, 5.74) is 3.83. The molecule has 0 radical (unpaired) electrons. The number of aromatic nitrogens is 5. The molecule has 1 N–H and O–H groups in total. The fraction of sp³-hybridized carbons (Fsp3) is 0.158. The molecule has 4 rings (SSSR count). The van der Waals surface area contributed by atoms with Crippen molar-refractivity contribution in [1.29, 1.82) is 0 Å². The van der Waals surface area contributed by atoms with Crippen LogP contribution in [-0.4, -0.2) is 24.6 Å². The van der Waals surface area contributed by atoms with Gasteiger partial charge in [0.1, 0.15) is 11.3 Å². The number of anilines is 1. The first-order chi connectivity index (χ1) is 12.6. The van der Waals surface area contributed by atoms with Crippen molar-refractivity contribution >= 4 is 27.3 Å². The van der Waals surface area contributed by atoms with E-state index in [1.807, 2.05) is 61.0 Å². The van der Waals surface area contributed by atoms with Crippen molar-refractivity contribution < 1.29 is 0 Å². The quantitative estimate of drug-likeness (QED) is 0.548. The minimum absolute atomic E-state index is 0.629. The molecule has 130 valence electrons. The van der Waals surface area contributed by atoms with Crippen molar-refractivity contribution in [3.05, 3.63) is 70.3 Å². The molecule has 3 heterocycles. The maximum absolute atomic E-state index is 4.77. The zero-order chi connectivity index (χ0) is 18.1. The van der Waals surface area contributed by atoms with Crippen LogP contribution in [0.15, 0.2) is 53.3 Å². The van der Waals surface area contributed by atoms with E-state index in [0.717, 1.165) is 38.5 Å². The van der Waals surface area contributed by atoms with Crippen molar-refractivity contribution in [3.63, 3.8) is 0 Å². The Morgan fingerprint density at radius 1 is 1.08 bits per heavy atom. The second-order valence-electron chi connectivity index (χ2n) is 6.01. The second kappa shape index (κ2) is 6.84. The number of nitrogens with one attached hydrogen (secondary N) is 1. The van der Waals surface area contributed by atoms with Crippen molar-refractivity contribution in [2.75, 3.05) is 5.32 Å². The Morgan fingerprint density at radius 2 is 1.88 bits per heavy atom. The Morgan fingerprint density at radius 3 is 2.62 bits per heavy atom. The molecule has 6 nitrogen and oxygen atoms in total. The van der Waals surface area contributed by atoms with Gasteiger partial charge in [0, 0.05) is 29.0 Å². The molecule has 4 aromatic rings. The normalized spacial score (nSPS) is 11.0. The van der Waals surface area contributed by atoms with E-state index in [1.54, 1.807) is 6.20 Å². The van der Waals surface area contributed by atoms with Crippen LogP contribution in [0.4, 0.5) is 5.82 Å². The summed E-state index contributed by atoms with van der Waals surface area (Å²) in [5, 5.41) is 8.11. The molecule has 0 saturated heterocycles. The van der Waals surface area contributed by atoms with E-state index in [1.165, 1.54) is 0 Å². The summed E-state index contributed by atoms with van der Waals surface area (Å²) in [7, 11) is 0. The number of fused-ring (bicyclic) bond motifs is 1. The lowest BCUT2D eigenvalue weighted by molar-refractivity contribution is 0.858. The van der Waals surface area contributed by atoms with Crippen molar-refractivity contribution in [2.24, 2.45) is 0 Å². The lowest BCUT2D eigenvalue weighted by Crippen LogP contribution is -2.08. The molecule has 0 amide bonds. The van der Waals surface area contributed by atoms with Gasteiger partial charge < -0.3 is 5.32 Å². The van der Waals surface area contributed by atoms with Gasteiger partial charge in [-0.1, -0.05) is 34.1 Å². The Hall–Kier alpha value is -2.80. The topological polar surface area (TPSA) is 68.0 Å². The molecule has 0 saturated carbocycles. The average molecular weight is 409 g/mol. The molecule has 1 aromatic carbocycles. The molecular weight excluding hydrogens is 392 g/mol. The number of aryl methyl sites for hydroxylation is 2. The number of hydrogen-bond acceptors (Lipinski definition) is 5. The molecule has 26 heavy (non-hydrogen) atoms. The van der Waals surface area contributed by atoms with Gasteiger partial charge in [0.25, 0.3) is 0 Å². The summed E-state index contributed by atoms with van der Waals surface area (Å²) in [5.74, 6) is 2.25. The fourth-order valence-electron chi connectivity index (χ4n) is 2.86. The van der Waals surface area contributed by atoms with Gasteiger partial charge in [-0.25, -0.2) is 14.5 Å². The minimum atomic E-state index is 0.629. The van der Waals surface area contributed by atoms with Crippen molar-refractivity contribution in [1.82, 2.24) is 24.6 Å². The monoisotopic (exact) mass is 408 g/mol. The molecule has 0 unspecified atom stereocenters. The lowest BCUT2D eigenvalue weighted by Gasteiger charge is -2.10. The third-order valence-electron chi connectivity index (χ3n) is 4.11. The Bertz CT molecular complexity index is 1060. The van der Waals surface area contributed by atoms with E-state index in [0.29, 0.717) is 12.4 Å². The van der Waals surface area contributed by atoms with Crippen LogP contribution in [0.1, 0.15) is 17.1 Å². The van der Waals surface area contributed by atoms with Gasteiger partial charge in [-0.2, -0.15) is 0 Å². The van der Waals surface area contributed by atoms with Crippen LogP contribution < -0.4 is 5.32 Å². The molecule has 3 aromatic heterocycles. The number of hydrogen-bond donors (Lipinski definition) is 1.